The van der Waals surface area contributed by atoms with Crippen molar-refractivity contribution in [3.8, 4) is 5.75 Å². The maximum absolute atomic E-state index is 12.2. The number of ether oxygens (including phenoxy) is 2. The van der Waals surface area contributed by atoms with Gasteiger partial charge in [0.25, 0.3) is 0 Å². The normalized spacial score (nSPS) is 10.8. The summed E-state index contributed by atoms with van der Waals surface area (Å²) in [6.07, 6.45) is 19.2. The van der Waals surface area contributed by atoms with Crippen LogP contribution in [0.5, 0.6) is 5.75 Å². The highest BCUT2D eigenvalue weighted by atomic mass is 16.5. The molecule has 0 amide bonds. The van der Waals surface area contributed by atoms with Crippen LogP contribution >= 0.6 is 0 Å². The van der Waals surface area contributed by atoms with Gasteiger partial charge in [0, 0.05) is 5.56 Å². The molecule has 35 heavy (non-hydrogen) atoms. The number of unbranched alkanes of at least 4 members (excludes halogenated alkanes) is 13. The quantitative estimate of drug-likeness (QED) is 0.108. The third-order valence-electron chi connectivity index (χ3n) is 6.34. The highest BCUT2D eigenvalue weighted by molar-refractivity contribution is 5.89. The summed E-state index contributed by atoms with van der Waals surface area (Å²) < 4.78 is 11.1. The Kier molecular flexibility index (Phi) is 15.3. The summed E-state index contributed by atoms with van der Waals surface area (Å²) in [7, 11) is 0. The molecule has 0 aromatic heterocycles. The van der Waals surface area contributed by atoms with E-state index in [0.717, 1.165) is 24.7 Å². The Labute approximate surface area is 212 Å². The van der Waals surface area contributed by atoms with Crippen LogP contribution in [0.2, 0.25) is 0 Å². The van der Waals surface area contributed by atoms with E-state index in [1.807, 2.05) is 12.1 Å². The van der Waals surface area contributed by atoms with Gasteiger partial charge in [-0.25, -0.2) is 4.79 Å². The van der Waals surface area contributed by atoms with Gasteiger partial charge in [0.1, 0.15) is 18.6 Å². The molecule has 0 aliphatic heterocycles. The SMILES string of the molecule is CCCCCCCCCCCCCCCCOC(=O)c1ccc(COc2ccc(C=O)cc2)cc1. The second-order valence-corrected chi connectivity index (χ2v) is 9.40. The largest absolute Gasteiger partial charge is 0.489 e. The van der Waals surface area contributed by atoms with Gasteiger partial charge in [-0.05, 0) is 48.4 Å². The minimum Gasteiger partial charge on any atom is -0.489 e. The molecule has 2 aromatic carbocycles. The Morgan fingerprint density at radius 3 is 1.71 bits per heavy atom. The van der Waals surface area contributed by atoms with Gasteiger partial charge in [-0.3, -0.25) is 4.79 Å². The van der Waals surface area contributed by atoms with Gasteiger partial charge in [0.05, 0.1) is 12.2 Å². The lowest BCUT2D eigenvalue weighted by atomic mass is 10.0. The van der Waals surface area contributed by atoms with Crippen LogP contribution < -0.4 is 4.74 Å². The minimum absolute atomic E-state index is 0.267. The fourth-order valence-electron chi connectivity index (χ4n) is 4.09. The molecule has 0 spiro atoms. The molecule has 4 nitrogen and oxygen atoms in total. The fraction of sp³-hybridized carbons (Fsp3) is 0.548. The average Bonchev–Trinajstić information content (AvgIpc) is 2.90. The van der Waals surface area contributed by atoms with Crippen molar-refractivity contribution in [2.24, 2.45) is 0 Å². The van der Waals surface area contributed by atoms with Crippen molar-refractivity contribution < 1.29 is 19.1 Å². The maximum atomic E-state index is 12.2. The summed E-state index contributed by atoms with van der Waals surface area (Å²) in [6.45, 7) is 3.15. The Morgan fingerprint density at radius 1 is 0.686 bits per heavy atom. The van der Waals surface area contributed by atoms with E-state index in [1.165, 1.54) is 77.0 Å². The number of benzene rings is 2. The van der Waals surface area contributed by atoms with Crippen LogP contribution in [-0.4, -0.2) is 18.9 Å². The zero-order valence-electron chi connectivity index (χ0n) is 21.6. The number of carbonyl (C=O) groups excluding carboxylic acids is 2. The fourth-order valence-corrected chi connectivity index (χ4v) is 4.09. The first-order chi connectivity index (χ1) is 17.2. The number of aldehydes is 1. The second-order valence-electron chi connectivity index (χ2n) is 9.40. The third kappa shape index (κ3) is 13.2. The van der Waals surface area contributed by atoms with E-state index >= 15 is 0 Å². The molecule has 0 unspecified atom stereocenters. The van der Waals surface area contributed by atoms with Gasteiger partial charge >= 0.3 is 5.97 Å². The summed E-state index contributed by atoms with van der Waals surface area (Å²) >= 11 is 0. The van der Waals surface area contributed by atoms with Crippen molar-refractivity contribution >= 4 is 12.3 Å². The summed E-state index contributed by atoms with van der Waals surface area (Å²) in [4.78, 5) is 23.0. The van der Waals surface area contributed by atoms with Gasteiger partial charge in [0.2, 0.25) is 0 Å². The zero-order chi connectivity index (χ0) is 25.0. The Bertz CT molecular complexity index is 811. The van der Waals surface area contributed by atoms with Crippen molar-refractivity contribution in [2.45, 2.75) is 103 Å². The van der Waals surface area contributed by atoms with Crippen molar-refractivity contribution in [1.29, 1.82) is 0 Å². The van der Waals surface area contributed by atoms with E-state index < -0.39 is 0 Å². The Morgan fingerprint density at radius 2 is 1.20 bits per heavy atom. The lowest BCUT2D eigenvalue weighted by Crippen LogP contribution is -2.06. The van der Waals surface area contributed by atoms with E-state index in [4.69, 9.17) is 9.47 Å². The van der Waals surface area contributed by atoms with Crippen LogP contribution in [-0.2, 0) is 11.3 Å². The molecular formula is C31H44O4. The van der Waals surface area contributed by atoms with Crippen LogP contribution in [0.4, 0.5) is 0 Å². The first-order valence-corrected chi connectivity index (χ1v) is 13.7. The molecule has 0 radical (unpaired) electrons. The molecule has 2 rings (SSSR count). The number of carbonyl (C=O) groups is 2. The van der Waals surface area contributed by atoms with E-state index in [2.05, 4.69) is 6.92 Å². The molecule has 0 bridgehead atoms. The van der Waals surface area contributed by atoms with Crippen molar-refractivity contribution in [3.05, 3.63) is 65.2 Å². The summed E-state index contributed by atoms with van der Waals surface area (Å²) in [6, 6.07) is 14.3. The topological polar surface area (TPSA) is 52.6 Å². The molecule has 0 saturated heterocycles. The molecule has 0 saturated carbocycles. The molecule has 0 aliphatic rings. The zero-order valence-corrected chi connectivity index (χ0v) is 21.6. The molecule has 4 heteroatoms. The number of rotatable bonds is 20. The molecule has 0 heterocycles. The number of hydrogen-bond acceptors (Lipinski definition) is 4. The number of hydrogen-bond donors (Lipinski definition) is 0. The third-order valence-corrected chi connectivity index (χ3v) is 6.34. The van der Waals surface area contributed by atoms with E-state index in [-0.39, 0.29) is 5.97 Å². The lowest BCUT2D eigenvalue weighted by Gasteiger charge is -2.08. The highest BCUT2D eigenvalue weighted by Gasteiger charge is 2.07. The molecule has 192 valence electrons. The molecular weight excluding hydrogens is 436 g/mol. The second kappa shape index (κ2) is 18.7. The number of esters is 1. The van der Waals surface area contributed by atoms with Crippen LogP contribution in [0.3, 0.4) is 0 Å². The Hall–Kier alpha value is -2.62. The monoisotopic (exact) mass is 480 g/mol. The first kappa shape index (κ1) is 28.6. The summed E-state index contributed by atoms with van der Waals surface area (Å²) in [5.41, 5.74) is 2.15. The van der Waals surface area contributed by atoms with Crippen LogP contribution in [0.25, 0.3) is 0 Å². The maximum Gasteiger partial charge on any atom is 0.338 e. The van der Waals surface area contributed by atoms with Crippen molar-refractivity contribution in [1.82, 2.24) is 0 Å². The molecule has 0 N–H and O–H groups in total. The molecule has 0 atom stereocenters. The smallest absolute Gasteiger partial charge is 0.338 e. The van der Waals surface area contributed by atoms with Crippen molar-refractivity contribution in [3.63, 3.8) is 0 Å². The molecule has 0 fully saturated rings. The van der Waals surface area contributed by atoms with Gasteiger partial charge < -0.3 is 9.47 Å². The first-order valence-electron chi connectivity index (χ1n) is 13.7. The van der Waals surface area contributed by atoms with Crippen LogP contribution in [0, 0.1) is 0 Å². The Balaban J connectivity index is 1.46. The molecule has 0 aliphatic carbocycles. The standard InChI is InChI=1S/C31H44O4/c1-2-3-4-5-6-7-8-9-10-11-12-13-14-15-24-34-31(33)29-20-16-28(17-21-29)26-35-30-22-18-27(25-32)19-23-30/h16-23,25H,2-15,24,26H2,1H3. The predicted molar refractivity (Wildman–Crippen MR) is 143 cm³/mol. The van der Waals surface area contributed by atoms with Gasteiger partial charge in [-0.1, -0.05) is 103 Å². The summed E-state index contributed by atoms with van der Waals surface area (Å²) in [5, 5.41) is 0. The minimum atomic E-state index is -0.267. The molecule has 2 aromatic rings. The summed E-state index contributed by atoms with van der Waals surface area (Å²) in [5.74, 6) is 0.434. The highest BCUT2D eigenvalue weighted by Crippen LogP contribution is 2.15. The van der Waals surface area contributed by atoms with Gasteiger partial charge in [-0.2, -0.15) is 0 Å². The van der Waals surface area contributed by atoms with Crippen molar-refractivity contribution in [2.75, 3.05) is 6.61 Å². The van der Waals surface area contributed by atoms with Gasteiger partial charge in [0.15, 0.2) is 0 Å². The van der Waals surface area contributed by atoms with Crippen LogP contribution in [0.15, 0.2) is 48.5 Å². The van der Waals surface area contributed by atoms with E-state index in [1.54, 1.807) is 36.4 Å². The lowest BCUT2D eigenvalue weighted by molar-refractivity contribution is 0.0497. The van der Waals surface area contributed by atoms with Gasteiger partial charge in [-0.15, -0.1) is 0 Å². The van der Waals surface area contributed by atoms with Crippen LogP contribution in [0.1, 0.15) is 123 Å². The predicted octanol–water partition coefficient (Wildman–Crippen LogP) is 8.72. The van der Waals surface area contributed by atoms with E-state index in [0.29, 0.717) is 30.1 Å². The average molecular weight is 481 g/mol. The van der Waals surface area contributed by atoms with E-state index in [9.17, 15) is 9.59 Å².